The van der Waals surface area contributed by atoms with Gasteiger partial charge in [-0.1, -0.05) is 63.7 Å². The van der Waals surface area contributed by atoms with Crippen LogP contribution in [0.2, 0.25) is 0 Å². The van der Waals surface area contributed by atoms with E-state index in [4.69, 9.17) is 5.11 Å². The maximum Gasteiger partial charge on any atom is 0.303 e. The minimum atomic E-state index is -0.939. The van der Waals surface area contributed by atoms with Gasteiger partial charge < -0.3 is 15.3 Å². The van der Waals surface area contributed by atoms with Gasteiger partial charge >= 0.3 is 5.97 Å². The number of aliphatic hydroxyl groups excluding tert-OH is 1. The van der Waals surface area contributed by atoms with E-state index in [1.54, 1.807) is 6.08 Å². The maximum absolute atomic E-state index is 12.3. The van der Waals surface area contributed by atoms with Crippen LogP contribution in [-0.4, -0.2) is 38.8 Å². The van der Waals surface area contributed by atoms with E-state index in [0.717, 1.165) is 44.9 Å². The highest BCUT2D eigenvalue weighted by atomic mass is 16.4. The van der Waals surface area contributed by atoms with Crippen molar-refractivity contribution in [1.29, 1.82) is 0 Å². The second-order valence-corrected chi connectivity index (χ2v) is 8.17. The number of ketones is 1. The van der Waals surface area contributed by atoms with Crippen molar-refractivity contribution in [3.63, 3.8) is 0 Å². The van der Waals surface area contributed by atoms with Gasteiger partial charge in [-0.3, -0.25) is 9.59 Å². The molecule has 0 aromatic heterocycles. The number of allylic oxidation sites excluding steroid dienone is 1. The first-order valence-corrected chi connectivity index (χ1v) is 10.8. The zero-order chi connectivity index (χ0) is 21.0. The van der Waals surface area contributed by atoms with Crippen molar-refractivity contribution >= 4 is 11.8 Å². The predicted octanol–water partition coefficient (Wildman–Crippen LogP) is 4.42. The first-order valence-electron chi connectivity index (χ1n) is 10.8. The summed E-state index contributed by atoms with van der Waals surface area (Å²) in [5, 5.41) is 29.5. The molecule has 28 heavy (non-hydrogen) atoms. The number of rotatable bonds is 15. The molecule has 1 aliphatic carbocycles. The molecule has 4 atom stereocenters. The van der Waals surface area contributed by atoms with Crippen molar-refractivity contribution in [3.8, 4) is 0 Å². The number of Topliss-reactive ketones (excluding diaryl/α,β-unsaturated/α-hetero) is 1. The Hall–Kier alpha value is -1.46. The van der Waals surface area contributed by atoms with E-state index in [-0.39, 0.29) is 30.5 Å². The fraction of sp³-hybridized carbons (Fsp3) is 0.739. The molecule has 1 rings (SSSR count). The zero-order valence-corrected chi connectivity index (χ0v) is 17.3. The van der Waals surface area contributed by atoms with Gasteiger partial charge in [-0.2, -0.15) is 0 Å². The molecule has 0 bridgehead atoms. The Labute approximate surface area is 169 Å². The SMILES string of the molecule is C=CC(O)(CC=C[C@H]1C(=O)C[C@H](O)[C@@H]1CCCCCCC(=O)O)CCCCC. The fourth-order valence-corrected chi connectivity index (χ4v) is 3.99. The number of hydrogen-bond acceptors (Lipinski definition) is 4. The summed E-state index contributed by atoms with van der Waals surface area (Å²) in [5.74, 6) is -1.08. The van der Waals surface area contributed by atoms with Gasteiger partial charge in [-0.25, -0.2) is 0 Å². The molecule has 0 aromatic rings. The summed E-state index contributed by atoms with van der Waals surface area (Å²) in [6.07, 6.45) is 13.4. The Morgan fingerprint density at radius 3 is 2.57 bits per heavy atom. The molecular formula is C23H38O5. The molecule has 1 unspecified atom stereocenters. The summed E-state index contributed by atoms with van der Waals surface area (Å²) < 4.78 is 0. The number of unbranched alkanes of at least 4 members (excludes halogenated alkanes) is 5. The van der Waals surface area contributed by atoms with E-state index < -0.39 is 17.7 Å². The molecule has 3 N–H and O–H groups in total. The molecule has 1 fully saturated rings. The van der Waals surface area contributed by atoms with Crippen molar-refractivity contribution in [3.05, 3.63) is 24.8 Å². The Morgan fingerprint density at radius 2 is 1.93 bits per heavy atom. The van der Waals surface area contributed by atoms with Crippen LogP contribution in [0.15, 0.2) is 24.8 Å². The van der Waals surface area contributed by atoms with E-state index in [2.05, 4.69) is 13.5 Å². The van der Waals surface area contributed by atoms with Gasteiger partial charge in [0.2, 0.25) is 0 Å². The summed E-state index contributed by atoms with van der Waals surface area (Å²) in [4.78, 5) is 22.8. The predicted molar refractivity (Wildman–Crippen MR) is 111 cm³/mol. The molecular weight excluding hydrogens is 356 g/mol. The van der Waals surface area contributed by atoms with Gasteiger partial charge in [0.15, 0.2) is 0 Å². The normalized spacial score (nSPS) is 24.5. The molecule has 0 aromatic carbocycles. The van der Waals surface area contributed by atoms with E-state index in [1.807, 2.05) is 12.2 Å². The Balaban J connectivity index is 2.51. The molecule has 5 heteroatoms. The number of carboxylic acid groups (broad SMARTS) is 1. The third-order valence-corrected chi connectivity index (χ3v) is 5.82. The average Bonchev–Trinajstić information content (AvgIpc) is 2.91. The molecule has 1 saturated carbocycles. The van der Waals surface area contributed by atoms with Crippen molar-refractivity contribution in [2.24, 2.45) is 11.8 Å². The van der Waals surface area contributed by atoms with E-state index >= 15 is 0 Å². The minimum Gasteiger partial charge on any atom is -0.481 e. The summed E-state index contributed by atoms with van der Waals surface area (Å²) >= 11 is 0. The molecule has 0 saturated heterocycles. The monoisotopic (exact) mass is 394 g/mol. The van der Waals surface area contributed by atoms with Gasteiger partial charge in [0.1, 0.15) is 5.78 Å². The third kappa shape index (κ3) is 8.70. The molecule has 5 nitrogen and oxygen atoms in total. The number of carbonyl (C=O) groups is 2. The van der Waals surface area contributed by atoms with Crippen LogP contribution in [0, 0.1) is 11.8 Å². The number of aliphatic hydroxyl groups is 2. The van der Waals surface area contributed by atoms with Crippen LogP contribution in [0.3, 0.4) is 0 Å². The number of aliphatic carboxylic acids is 1. The van der Waals surface area contributed by atoms with Crippen molar-refractivity contribution in [1.82, 2.24) is 0 Å². The molecule has 0 aliphatic heterocycles. The quantitative estimate of drug-likeness (QED) is 0.282. The topological polar surface area (TPSA) is 94.8 Å². The van der Waals surface area contributed by atoms with Crippen LogP contribution in [-0.2, 0) is 9.59 Å². The van der Waals surface area contributed by atoms with Crippen LogP contribution < -0.4 is 0 Å². The number of carbonyl (C=O) groups excluding carboxylic acids is 1. The van der Waals surface area contributed by atoms with E-state index in [1.165, 1.54) is 0 Å². The molecule has 160 valence electrons. The van der Waals surface area contributed by atoms with Gasteiger partial charge in [0.05, 0.1) is 11.7 Å². The highest BCUT2D eigenvalue weighted by Gasteiger charge is 2.39. The minimum absolute atomic E-state index is 0.0627. The summed E-state index contributed by atoms with van der Waals surface area (Å²) in [6.45, 7) is 5.87. The standard InChI is InChI=1S/C23H38O5/c1-3-5-10-15-23(28,4-2)16-11-13-19-18(20(24)17-21(19)25)12-8-6-7-9-14-22(26)27/h4,11,13,18-20,24,28H,2-3,5-10,12,14-17H2,1H3,(H,26,27)/t18-,19-,20+,23?/m1/s1. The van der Waals surface area contributed by atoms with Gasteiger partial charge in [0, 0.05) is 18.8 Å². The molecule has 1 aliphatic rings. The molecule has 0 radical (unpaired) electrons. The fourth-order valence-electron chi connectivity index (χ4n) is 3.99. The van der Waals surface area contributed by atoms with Crippen LogP contribution in [0.5, 0.6) is 0 Å². The summed E-state index contributed by atoms with van der Waals surface area (Å²) in [6, 6.07) is 0. The Kier molecular flexibility index (Phi) is 11.3. The van der Waals surface area contributed by atoms with Crippen LogP contribution in [0.1, 0.15) is 84.0 Å². The summed E-state index contributed by atoms with van der Waals surface area (Å²) in [5.41, 5.74) is -0.939. The lowest BCUT2D eigenvalue weighted by molar-refractivity contribution is -0.137. The Bertz CT molecular complexity index is 527. The van der Waals surface area contributed by atoms with Crippen molar-refractivity contribution in [2.75, 3.05) is 0 Å². The zero-order valence-electron chi connectivity index (χ0n) is 17.3. The highest BCUT2D eigenvalue weighted by molar-refractivity contribution is 5.85. The number of carboxylic acids is 1. The molecule has 0 heterocycles. The van der Waals surface area contributed by atoms with Gasteiger partial charge in [-0.05, 0) is 31.6 Å². The first-order chi connectivity index (χ1) is 13.3. The van der Waals surface area contributed by atoms with Gasteiger partial charge in [0.25, 0.3) is 0 Å². The molecule has 0 spiro atoms. The highest BCUT2D eigenvalue weighted by Crippen LogP contribution is 2.35. The second-order valence-electron chi connectivity index (χ2n) is 8.17. The van der Waals surface area contributed by atoms with Crippen LogP contribution >= 0.6 is 0 Å². The lowest BCUT2D eigenvalue weighted by atomic mass is 9.87. The Morgan fingerprint density at radius 1 is 1.21 bits per heavy atom. The van der Waals surface area contributed by atoms with E-state index in [9.17, 15) is 19.8 Å². The largest absolute Gasteiger partial charge is 0.481 e. The third-order valence-electron chi connectivity index (χ3n) is 5.82. The average molecular weight is 395 g/mol. The maximum atomic E-state index is 12.3. The lowest BCUT2D eigenvalue weighted by Crippen LogP contribution is -2.25. The first kappa shape index (κ1) is 24.6. The lowest BCUT2D eigenvalue weighted by Gasteiger charge is -2.23. The van der Waals surface area contributed by atoms with E-state index in [0.29, 0.717) is 19.3 Å². The van der Waals surface area contributed by atoms with Crippen molar-refractivity contribution < 1.29 is 24.9 Å². The smallest absolute Gasteiger partial charge is 0.303 e. The summed E-state index contributed by atoms with van der Waals surface area (Å²) in [7, 11) is 0. The number of hydrogen-bond donors (Lipinski definition) is 3. The van der Waals surface area contributed by atoms with Crippen LogP contribution in [0.25, 0.3) is 0 Å². The van der Waals surface area contributed by atoms with Gasteiger partial charge in [-0.15, -0.1) is 6.58 Å². The second kappa shape index (κ2) is 12.9. The van der Waals surface area contributed by atoms with Crippen LogP contribution in [0.4, 0.5) is 0 Å². The molecule has 0 amide bonds. The van der Waals surface area contributed by atoms with Crippen molar-refractivity contribution in [2.45, 2.75) is 95.7 Å².